The third-order valence-electron chi connectivity index (χ3n) is 5.90. The quantitative estimate of drug-likeness (QED) is 0.579. The first-order chi connectivity index (χ1) is 10.6. The van der Waals surface area contributed by atoms with Crippen molar-refractivity contribution in [3.8, 4) is 0 Å². The summed E-state index contributed by atoms with van der Waals surface area (Å²) in [6.07, 6.45) is 11.4. The molecule has 0 aromatic heterocycles. The molecule has 0 radical (unpaired) electrons. The van der Waals surface area contributed by atoms with Crippen molar-refractivity contribution in [3.63, 3.8) is 0 Å². The van der Waals surface area contributed by atoms with Crippen LogP contribution in [-0.4, -0.2) is 35.1 Å². The van der Waals surface area contributed by atoms with Crippen molar-refractivity contribution in [1.82, 2.24) is 4.90 Å². The molecule has 1 fully saturated rings. The van der Waals surface area contributed by atoms with Gasteiger partial charge in [-0.25, -0.2) is 0 Å². The van der Waals surface area contributed by atoms with Crippen LogP contribution >= 0.6 is 0 Å². The van der Waals surface area contributed by atoms with E-state index in [-0.39, 0.29) is 0 Å². The molecule has 0 aliphatic carbocycles. The first kappa shape index (κ1) is 22.4. The second kappa shape index (κ2) is 11.1. The van der Waals surface area contributed by atoms with E-state index in [0.717, 1.165) is 12.8 Å². The van der Waals surface area contributed by atoms with E-state index in [1.54, 1.807) is 0 Å². The van der Waals surface area contributed by atoms with Gasteiger partial charge in [0.1, 0.15) is 0 Å². The van der Waals surface area contributed by atoms with E-state index in [1.165, 1.54) is 51.5 Å². The van der Waals surface area contributed by atoms with Gasteiger partial charge in [0.2, 0.25) is 0 Å². The molecule has 0 unspecified atom stereocenters. The Morgan fingerprint density at radius 2 is 1.52 bits per heavy atom. The van der Waals surface area contributed by atoms with Crippen molar-refractivity contribution in [2.45, 2.75) is 104 Å². The molecular weight excluding hydrogens is 286 g/mol. The monoisotopic (exact) mass is 327 g/mol. The summed E-state index contributed by atoms with van der Waals surface area (Å²) in [5.74, 6) is -0.663. The highest BCUT2D eigenvalue weighted by Gasteiger charge is 2.42. The lowest BCUT2D eigenvalue weighted by molar-refractivity contribution is -0.137. The van der Waals surface area contributed by atoms with E-state index in [0.29, 0.717) is 17.4 Å². The summed E-state index contributed by atoms with van der Waals surface area (Å²) < 4.78 is 0. The second-order valence-electron chi connectivity index (χ2n) is 8.23. The number of hydrogen-bond donors (Lipinski definition) is 1. The van der Waals surface area contributed by atoms with Crippen molar-refractivity contribution < 1.29 is 9.90 Å². The number of carboxylic acids is 1. The van der Waals surface area contributed by atoms with Gasteiger partial charge in [0, 0.05) is 12.0 Å². The fourth-order valence-corrected chi connectivity index (χ4v) is 3.09. The van der Waals surface area contributed by atoms with E-state index in [2.05, 4.69) is 46.6 Å². The number of carboxylic acid groups (broad SMARTS) is 1. The molecule has 0 bridgehead atoms. The molecule has 23 heavy (non-hydrogen) atoms. The Morgan fingerprint density at radius 1 is 1.00 bits per heavy atom. The molecule has 138 valence electrons. The maximum Gasteiger partial charge on any atom is 0.303 e. The summed E-state index contributed by atoms with van der Waals surface area (Å²) in [4.78, 5) is 12.6. The summed E-state index contributed by atoms with van der Waals surface area (Å²) in [5.41, 5.74) is 0.839. The van der Waals surface area contributed by atoms with Crippen LogP contribution in [0.1, 0.15) is 98.8 Å². The smallest absolute Gasteiger partial charge is 0.303 e. The number of likely N-dealkylation sites (tertiary alicyclic amines) is 1. The topological polar surface area (TPSA) is 40.5 Å². The first-order valence-electron chi connectivity index (χ1n) is 9.58. The van der Waals surface area contributed by atoms with Crippen molar-refractivity contribution in [2.75, 3.05) is 13.6 Å². The zero-order valence-electron chi connectivity index (χ0n) is 16.6. The summed E-state index contributed by atoms with van der Waals surface area (Å²) in [7, 11) is 2.24. The van der Waals surface area contributed by atoms with Gasteiger partial charge in [-0.2, -0.15) is 0 Å². The number of carbonyl (C=O) groups is 1. The number of unbranched alkanes of at least 4 members (excludes halogenated alkanes) is 6. The third kappa shape index (κ3) is 8.74. The van der Waals surface area contributed by atoms with Crippen LogP contribution < -0.4 is 0 Å². The van der Waals surface area contributed by atoms with Gasteiger partial charge in [-0.1, -0.05) is 59.3 Å². The molecule has 3 nitrogen and oxygen atoms in total. The number of piperidine rings is 1. The molecule has 1 rings (SSSR count). The Kier molecular flexibility index (Phi) is 10.8. The Labute approximate surface area is 144 Å². The standard InChI is InChI=1S/C10H21N.C10H20O2/c1-9(2)7-6-8-11(5)10(9,3)4;1-2-3-4-5-6-7-8-9-10(11)12/h6-8H2,1-5H3;2-9H2,1H3,(H,11,12). The van der Waals surface area contributed by atoms with Crippen LogP contribution in [0.4, 0.5) is 0 Å². The van der Waals surface area contributed by atoms with Crippen LogP contribution in [0, 0.1) is 5.41 Å². The van der Waals surface area contributed by atoms with Crippen LogP contribution in [0.15, 0.2) is 0 Å². The average Bonchev–Trinajstić information content (AvgIpc) is 2.45. The van der Waals surface area contributed by atoms with Crippen LogP contribution in [0.3, 0.4) is 0 Å². The second-order valence-corrected chi connectivity index (χ2v) is 8.23. The van der Waals surface area contributed by atoms with Crippen LogP contribution in [0.5, 0.6) is 0 Å². The Hall–Kier alpha value is -0.570. The Morgan fingerprint density at radius 3 is 1.96 bits per heavy atom. The highest BCUT2D eigenvalue weighted by molar-refractivity contribution is 5.66. The lowest BCUT2D eigenvalue weighted by Gasteiger charge is -2.52. The lowest BCUT2D eigenvalue weighted by Crippen LogP contribution is -2.55. The fourth-order valence-electron chi connectivity index (χ4n) is 3.09. The molecule has 0 aromatic carbocycles. The maximum atomic E-state index is 10.1. The number of aliphatic carboxylic acids is 1. The van der Waals surface area contributed by atoms with E-state index in [1.807, 2.05) is 0 Å². The Bertz CT molecular complexity index is 324. The largest absolute Gasteiger partial charge is 0.481 e. The van der Waals surface area contributed by atoms with Crippen LogP contribution in [0.2, 0.25) is 0 Å². The molecule has 1 heterocycles. The van der Waals surface area contributed by atoms with Crippen molar-refractivity contribution in [1.29, 1.82) is 0 Å². The van der Waals surface area contributed by atoms with Gasteiger partial charge in [0.25, 0.3) is 0 Å². The highest BCUT2D eigenvalue weighted by Crippen LogP contribution is 2.42. The minimum Gasteiger partial charge on any atom is -0.481 e. The minimum absolute atomic E-state index is 0.341. The van der Waals surface area contributed by atoms with Crippen LogP contribution in [0.25, 0.3) is 0 Å². The molecule has 1 saturated heterocycles. The number of nitrogens with zero attached hydrogens (tertiary/aromatic N) is 1. The van der Waals surface area contributed by atoms with Gasteiger partial charge in [-0.3, -0.25) is 4.79 Å². The molecule has 0 amide bonds. The predicted molar refractivity (Wildman–Crippen MR) is 100.0 cm³/mol. The van der Waals surface area contributed by atoms with E-state index in [9.17, 15) is 4.79 Å². The van der Waals surface area contributed by atoms with E-state index >= 15 is 0 Å². The Balaban J connectivity index is 0.000000422. The summed E-state index contributed by atoms with van der Waals surface area (Å²) in [6, 6.07) is 0. The van der Waals surface area contributed by atoms with Gasteiger partial charge >= 0.3 is 5.97 Å². The molecule has 1 N–H and O–H groups in total. The molecule has 0 spiro atoms. The van der Waals surface area contributed by atoms with Crippen molar-refractivity contribution in [2.24, 2.45) is 5.41 Å². The van der Waals surface area contributed by atoms with E-state index < -0.39 is 5.97 Å². The summed E-state index contributed by atoms with van der Waals surface area (Å²) in [5, 5.41) is 8.35. The van der Waals surface area contributed by atoms with Crippen molar-refractivity contribution in [3.05, 3.63) is 0 Å². The molecule has 0 aromatic rings. The molecule has 3 heteroatoms. The zero-order chi connectivity index (χ0) is 17.9. The van der Waals surface area contributed by atoms with Crippen LogP contribution in [-0.2, 0) is 4.79 Å². The molecule has 0 saturated carbocycles. The zero-order valence-corrected chi connectivity index (χ0v) is 16.6. The SMILES string of the molecule is CCCCCCCCCC(=O)O.CN1CCCC(C)(C)C1(C)C. The maximum absolute atomic E-state index is 10.1. The van der Waals surface area contributed by atoms with Crippen molar-refractivity contribution >= 4 is 5.97 Å². The summed E-state index contributed by atoms with van der Waals surface area (Å²) in [6.45, 7) is 12.9. The van der Waals surface area contributed by atoms with Gasteiger partial charge < -0.3 is 10.0 Å². The van der Waals surface area contributed by atoms with Gasteiger partial charge in [0.15, 0.2) is 0 Å². The molecule has 0 atom stereocenters. The predicted octanol–water partition coefficient (Wildman–Crippen LogP) is 5.73. The number of hydrogen-bond acceptors (Lipinski definition) is 2. The molecular formula is C20H41NO2. The van der Waals surface area contributed by atoms with Gasteiger partial charge in [-0.05, 0) is 52.1 Å². The van der Waals surface area contributed by atoms with Gasteiger partial charge in [-0.15, -0.1) is 0 Å². The average molecular weight is 328 g/mol. The normalized spacial score (nSPS) is 19.7. The summed E-state index contributed by atoms with van der Waals surface area (Å²) >= 11 is 0. The van der Waals surface area contributed by atoms with E-state index in [4.69, 9.17) is 5.11 Å². The fraction of sp³-hybridized carbons (Fsp3) is 0.950. The number of rotatable bonds is 8. The first-order valence-corrected chi connectivity index (χ1v) is 9.58. The lowest BCUT2D eigenvalue weighted by atomic mass is 9.68. The molecule has 1 aliphatic heterocycles. The molecule has 1 aliphatic rings. The highest BCUT2D eigenvalue weighted by atomic mass is 16.4. The van der Waals surface area contributed by atoms with Gasteiger partial charge in [0.05, 0.1) is 0 Å². The third-order valence-corrected chi connectivity index (χ3v) is 5.90. The minimum atomic E-state index is -0.663.